The molecule has 0 saturated carbocycles. The molecule has 0 spiro atoms. The van der Waals surface area contributed by atoms with Gasteiger partial charge in [0.2, 0.25) is 0 Å². The van der Waals surface area contributed by atoms with Gasteiger partial charge in [0.1, 0.15) is 0 Å². The van der Waals surface area contributed by atoms with E-state index in [0.717, 1.165) is 19.8 Å². The van der Waals surface area contributed by atoms with Crippen molar-refractivity contribution in [3.05, 3.63) is 34.9 Å². The van der Waals surface area contributed by atoms with Crippen molar-refractivity contribution in [1.29, 1.82) is 0 Å². The summed E-state index contributed by atoms with van der Waals surface area (Å²) in [6.45, 7) is 3.50. The molecule has 7 nitrogen and oxygen atoms in total. The lowest BCUT2D eigenvalue weighted by Gasteiger charge is -2.26. The van der Waals surface area contributed by atoms with Crippen LogP contribution in [0.3, 0.4) is 0 Å². The maximum atomic E-state index is 12.5. The summed E-state index contributed by atoms with van der Waals surface area (Å²) in [7, 11) is -6.49. The van der Waals surface area contributed by atoms with Crippen LogP contribution in [0, 0.1) is 13.8 Å². The van der Waals surface area contributed by atoms with Gasteiger partial charge in [0, 0.05) is 14.2 Å². The van der Waals surface area contributed by atoms with Crippen molar-refractivity contribution in [1.82, 2.24) is 0 Å². The van der Waals surface area contributed by atoms with Crippen LogP contribution >= 0.6 is 15.4 Å². The Bertz CT molecular complexity index is 558. The van der Waals surface area contributed by atoms with E-state index in [0.29, 0.717) is 11.1 Å². The molecule has 0 heterocycles. The summed E-state index contributed by atoms with van der Waals surface area (Å²) < 4.78 is 37.9. The molecule has 0 aliphatic carbocycles. The molecular formula is C11H18O7P2. The molecule has 0 fully saturated rings. The maximum absolute atomic E-state index is 12.5. The predicted octanol–water partition coefficient (Wildman–Crippen LogP) is 2.90. The van der Waals surface area contributed by atoms with E-state index < -0.39 is 21.3 Å². The van der Waals surface area contributed by atoms with Crippen LogP contribution in [-0.2, 0) is 22.7 Å². The van der Waals surface area contributed by atoms with Crippen molar-refractivity contribution >= 4 is 15.4 Å². The van der Waals surface area contributed by atoms with E-state index in [9.17, 15) is 9.13 Å². The predicted molar refractivity (Wildman–Crippen MR) is 73.4 cm³/mol. The molecule has 1 rings (SSSR count). The first kappa shape index (κ1) is 17.5. The molecule has 0 saturated heterocycles. The van der Waals surface area contributed by atoms with Crippen LogP contribution in [0.25, 0.3) is 0 Å². The van der Waals surface area contributed by atoms with Gasteiger partial charge in [-0.25, -0.2) is 4.57 Å². The average molecular weight is 324 g/mol. The lowest BCUT2D eigenvalue weighted by molar-refractivity contribution is 0.142. The molecule has 114 valence electrons. The third-order valence-corrected chi connectivity index (χ3v) is 5.36. The Hall–Kier alpha value is -0.520. The number of phosphoric ester groups is 1. The summed E-state index contributed by atoms with van der Waals surface area (Å²) in [4.78, 5) is 18.0. The fraction of sp³-hybridized carbons (Fsp3) is 0.455. The molecule has 20 heavy (non-hydrogen) atoms. The summed E-state index contributed by atoms with van der Waals surface area (Å²) in [5.74, 6) is -1.50. The van der Waals surface area contributed by atoms with Crippen molar-refractivity contribution in [2.45, 2.75) is 19.7 Å². The van der Waals surface area contributed by atoms with Gasteiger partial charge in [-0.1, -0.05) is 23.8 Å². The molecule has 0 aromatic heterocycles. The molecule has 1 aromatic carbocycles. The Labute approximate surface area is 117 Å². The minimum absolute atomic E-state index is 0.348. The van der Waals surface area contributed by atoms with Crippen LogP contribution in [0.1, 0.15) is 22.5 Å². The first-order chi connectivity index (χ1) is 9.13. The summed E-state index contributed by atoms with van der Waals surface area (Å²) in [5, 5.41) is 0. The molecule has 1 unspecified atom stereocenters. The molecule has 0 aliphatic heterocycles. The lowest BCUT2D eigenvalue weighted by atomic mass is 10.1. The normalized spacial score (nSPS) is 14.3. The van der Waals surface area contributed by atoms with Crippen LogP contribution in [0.15, 0.2) is 18.2 Å². The van der Waals surface area contributed by atoms with Crippen molar-refractivity contribution < 1.29 is 32.5 Å². The highest BCUT2D eigenvalue weighted by molar-refractivity contribution is 7.55. The number of benzene rings is 1. The van der Waals surface area contributed by atoms with Crippen molar-refractivity contribution in [3.63, 3.8) is 0 Å². The zero-order valence-corrected chi connectivity index (χ0v) is 13.4. The first-order valence-electron chi connectivity index (χ1n) is 5.65. The Morgan fingerprint density at radius 1 is 1.10 bits per heavy atom. The van der Waals surface area contributed by atoms with Gasteiger partial charge in [-0.15, -0.1) is 0 Å². The highest BCUT2D eigenvalue weighted by Crippen LogP contribution is 2.65. The monoisotopic (exact) mass is 324 g/mol. The molecule has 0 radical (unpaired) electrons. The molecule has 9 heteroatoms. The second-order valence-electron chi connectivity index (χ2n) is 4.21. The minimum atomic E-state index is -4.88. The highest BCUT2D eigenvalue weighted by Gasteiger charge is 2.41. The molecule has 1 atom stereocenters. The number of rotatable bonds is 6. The largest absolute Gasteiger partial charge is 0.470 e. The Kier molecular flexibility index (Phi) is 5.70. The van der Waals surface area contributed by atoms with Gasteiger partial charge in [0.25, 0.3) is 0 Å². The third-order valence-electron chi connectivity index (χ3n) is 2.73. The third kappa shape index (κ3) is 4.24. The quantitative estimate of drug-likeness (QED) is 0.776. The average Bonchev–Trinajstić information content (AvgIpc) is 2.37. The van der Waals surface area contributed by atoms with Crippen molar-refractivity contribution in [2.24, 2.45) is 0 Å². The minimum Gasteiger partial charge on any atom is -0.310 e. The van der Waals surface area contributed by atoms with Gasteiger partial charge < -0.3 is 18.8 Å². The van der Waals surface area contributed by atoms with E-state index in [1.54, 1.807) is 26.0 Å². The van der Waals surface area contributed by atoms with Crippen molar-refractivity contribution in [3.8, 4) is 0 Å². The summed E-state index contributed by atoms with van der Waals surface area (Å²) in [5.41, 5.74) is 1.83. The Balaban J connectivity index is 3.41. The SMILES string of the molecule is COP(=O)(OC)C(OP(=O)(O)O)c1cc(C)ccc1C. The summed E-state index contributed by atoms with van der Waals surface area (Å²) in [6, 6.07) is 5.18. The van der Waals surface area contributed by atoms with E-state index in [1.165, 1.54) is 0 Å². The summed E-state index contributed by atoms with van der Waals surface area (Å²) >= 11 is 0. The van der Waals surface area contributed by atoms with E-state index in [4.69, 9.17) is 18.8 Å². The zero-order valence-electron chi connectivity index (χ0n) is 11.6. The first-order valence-corrected chi connectivity index (χ1v) is 8.79. The number of hydrogen-bond acceptors (Lipinski definition) is 5. The Morgan fingerprint density at radius 2 is 1.65 bits per heavy atom. The number of phosphoric acid groups is 1. The summed E-state index contributed by atoms with van der Waals surface area (Å²) in [6.07, 6.45) is 0. The van der Waals surface area contributed by atoms with E-state index in [1.807, 2.05) is 6.07 Å². The van der Waals surface area contributed by atoms with Crippen LogP contribution < -0.4 is 0 Å². The number of hydrogen-bond donors (Lipinski definition) is 2. The molecule has 0 amide bonds. The second-order valence-corrected chi connectivity index (χ2v) is 7.68. The lowest BCUT2D eigenvalue weighted by Crippen LogP contribution is -2.09. The van der Waals surface area contributed by atoms with E-state index in [-0.39, 0.29) is 0 Å². The van der Waals surface area contributed by atoms with Crippen LogP contribution in [0.2, 0.25) is 0 Å². The van der Waals surface area contributed by atoms with Gasteiger partial charge >= 0.3 is 15.4 Å². The fourth-order valence-corrected chi connectivity index (χ4v) is 4.06. The van der Waals surface area contributed by atoms with Gasteiger partial charge in [0.15, 0.2) is 5.85 Å². The molecule has 0 bridgehead atoms. The van der Waals surface area contributed by atoms with Crippen LogP contribution in [0.5, 0.6) is 0 Å². The topological polar surface area (TPSA) is 102 Å². The van der Waals surface area contributed by atoms with Gasteiger partial charge in [-0.2, -0.15) is 0 Å². The number of aryl methyl sites for hydroxylation is 2. The standard InChI is InChI=1S/C11H18O7P2/c1-8-5-6-9(2)10(7-8)11(18-20(13,14)15)19(12,16-3)17-4/h5-7,11H,1-4H3,(H2,13,14,15). The molecule has 0 aliphatic rings. The van der Waals surface area contributed by atoms with E-state index >= 15 is 0 Å². The molecule has 2 N–H and O–H groups in total. The van der Waals surface area contributed by atoms with E-state index in [2.05, 4.69) is 4.52 Å². The molecule has 1 aromatic rings. The molecular weight excluding hydrogens is 306 g/mol. The highest BCUT2D eigenvalue weighted by atomic mass is 31.2. The maximum Gasteiger partial charge on any atom is 0.470 e. The fourth-order valence-electron chi connectivity index (χ4n) is 1.71. The van der Waals surface area contributed by atoms with Gasteiger partial charge in [0.05, 0.1) is 0 Å². The van der Waals surface area contributed by atoms with Crippen molar-refractivity contribution in [2.75, 3.05) is 14.2 Å². The Morgan fingerprint density at radius 3 is 2.10 bits per heavy atom. The van der Waals surface area contributed by atoms with Crippen LogP contribution in [-0.4, -0.2) is 24.0 Å². The van der Waals surface area contributed by atoms with Crippen LogP contribution in [0.4, 0.5) is 0 Å². The zero-order chi connectivity index (χ0) is 15.6. The van der Waals surface area contributed by atoms with Gasteiger partial charge in [-0.05, 0) is 25.0 Å². The van der Waals surface area contributed by atoms with Gasteiger partial charge in [-0.3, -0.25) is 9.09 Å². The smallest absolute Gasteiger partial charge is 0.310 e. The second kappa shape index (κ2) is 6.50.